The highest BCUT2D eigenvalue weighted by molar-refractivity contribution is 8.01. The van der Waals surface area contributed by atoms with E-state index in [0.717, 1.165) is 25.1 Å². The number of rotatable bonds is 13. The topological polar surface area (TPSA) is 184 Å². The Bertz CT molecular complexity index is 2620. The van der Waals surface area contributed by atoms with Gasteiger partial charge in [-0.1, -0.05) is 52.8 Å². The van der Waals surface area contributed by atoms with E-state index >= 15 is 0 Å². The van der Waals surface area contributed by atoms with Gasteiger partial charge in [-0.25, -0.2) is 9.97 Å². The Morgan fingerprint density at radius 2 is 1.27 bits per heavy atom. The number of ether oxygens (including phenoxy) is 2. The maximum atomic E-state index is 14.3. The first kappa shape index (κ1) is 49.7. The number of hydrogen-bond acceptors (Lipinski definition) is 14. The Labute approximate surface area is 401 Å². The minimum atomic E-state index is -0.763. The molecule has 4 heterocycles. The van der Waals surface area contributed by atoms with E-state index in [1.165, 1.54) is 86.4 Å². The summed E-state index contributed by atoms with van der Waals surface area (Å²) in [6.45, 7) is 19.7. The van der Waals surface area contributed by atoms with E-state index < -0.39 is 11.1 Å². The van der Waals surface area contributed by atoms with Gasteiger partial charge in [-0.15, -0.1) is 0 Å². The number of methoxy groups -OCH3 is 2. The van der Waals surface area contributed by atoms with Gasteiger partial charge < -0.3 is 39.7 Å². The van der Waals surface area contributed by atoms with Gasteiger partial charge in [0.05, 0.1) is 56.7 Å². The fraction of sp³-hybridized carbons (Fsp3) is 0.391. The first-order valence-corrected chi connectivity index (χ1v) is 24.2. The molecule has 0 aliphatic carbocycles. The van der Waals surface area contributed by atoms with E-state index in [1.807, 2.05) is 53.7 Å². The van der Waals surface area contributed by atoms with Crippen molar-refractivity contribution in [1.29, 1.82) is 0 Å². The number of nitrogens with one attached hydrogen (secondary N) is 2. The fourth-order valence-electron chi connectivity index (χ4n) is 7.78. The van der Waals surface area contributed by atoms with Crippen LogP contribution in [0.25, 0.3) is 6.08 Å². The molecule has 0 saturated carbocycles. The van der Waals surface area contributed by atoms with Crippen LogP contribution < -0.4 is 20.1 Å². The number of anilines is 2. The molecule has 4 aromatic rings. The normalized spacial score (nSPS) is 15.7. The molecule has 16 nitrogen and oxygen atoms in total. The van der Waals surface area contributed by atoms with Crippen molar-refractivity contribution in [3.63, 3.8) is 0 Å². The third-order valence-electron chi connectivity index (χ3n) is 11.0. The molecule has 0 bridgehead atoms. The molecule has 20 heteroatoms. The van der Waals surface area contributed by atoms with Crippen molar-refractivity contribution in [3.05, 3.63) is 77.1 Å². The van der Waals surface area contributed by atoms with Gasteiger partial charge in [-0.2, -0.15) is 0 Å². The van der Waals surface area contributed by atoms with Crippen LogP contribution in [0.5, 0.6) is 11.5 Å². The summed E-state index contributed by atoms with van der Waals surface area (Å²) in [7, 11) is 3.04. The van der Waals surface area contributed by atoms with E-state index in [0.29, 0.717) is 62.4 Å². The Morgan fingerprint density at radius 3 is 1.85 bits per heavy atom. The van der Waals surface area contributed by atoms with Gasteiger partial charge in [-0.3, -0.25) is 28.8 Å². The molecule has 0 atom stereocenters. The highest BCUT2D eigenvalue weighted by Crippen LogP contribution is 2.42. The van der Waals surface area contributed by atoms with Crippen molar-refractivity contribution in [1.82, 2.24) is 29.6 Å². The predicted octanol–water partition coefficient (Wildman–Crippen LogP) is 7.48. The van der Waals surface area contributed by atoms with Crippen LogP contribution in [-0.2, 0) is 19.2 Å². The molecule has 2 aromatic carbocycles. The molecule has 0 unspecified atom stereocenters. The number of piperazine rings is 2. The van der Waals surface area contributed by atoms with E-state index in [2.05, 4.69) is 27.2 Å². The second kappa shape index (κ2) is 20.4. The Kier molecular flexibility index (Phi) is 15.4. The molecule has 2 aromatic heterocycles. The van der Waals surface area contributed by atoms with Crippen LogP contribution in [0, 0.1) is 13.8 Å². The monoisotopic (exact) mass is 974 g/mol. The molecular weight excluding hydrogens is 921 g/mol. The first-order valence-electron chi connectivity index (χ1n) is 20.9. The van der Waals surface area contributed by atoms with Crippen molar-refractivity contribution in [2.24, 2.45) is 0 Å². The highest BCUT2D eigenvalue weighted by Gasteiger charge is 2.40. The lowest BCUT2D eigenvalue weighted by Crippen LogP contribution is -2.61. The average molecular weight is 975 g/mol. The molecule has 0 spiro atoms. The predicted molar refractivity (Wildman–Crippen MR) is 259 cm³/mol. The smallest absolute Gasteiger partial charge is 0.258 e. The molecule has 2 aliphatic heterocycles. The van der Waals surface area contributed by atoms with E-state index in [4.69, 9.17) is 9.47 Å². The lowest BCUT2D eigenvalue weighted by atomic mass is 9.96. The van der Waals surface area contributed by atoms with Crippen molar-refractivity contribution in [2.75, 3.05) is 64.1 Å². The molecule has 2 fully saturated rings. The summed E-state index contributed by atoms with van der Waals surface area (Å²) in [5.41, 5.74) is 1.55. The van der Waals surface area contributed by atoms with Crippen LogP contribution in [0.1, 0.15) is 79.1 Å². The van der Waals surface area contributed by atoms with Gasteiger partial charge in [0.1, 0.15) is 11.5 Å². The molecular formula is C46H54N8O8S4. The number of thiazole rings is 2. The maximum Gasteiger partial charge on any atom is 0.258 e. The summed E-state index contributed by atoms with van der Waals surface area (Å²) in [6, 6.07) is 7.24. The third kappa shape index (κ3) is 11.3. The van der Waals surface area contributed by atoms with Gasteiger partial charge in [0.2, 0.25) is 23.6 Å². The quantitative estimate of drug-likeness (QED) is 0.126. The van der Waals surface area contributed by atoms with Gasteiger partial charge in [0, 0.05) is 69.0 Å². The summed E-state index contributed by atoms with van der Waals surface area (Å²) in [4.78, 5) is 95.9. The highest BCUT2D eigenvalue weighted by atomic mass is 32.2. The second-order valence-corrected chi connectivity index (χ2v) is 21.7. The lowest BCUT2D eigenvalue weighted by molar-refractivity contribution is -0.134. The zero-order chi connectivity index (χ0) is 48.2. The van der Waals surface area contributed by atoms with Crippen LogP contribution >= 0.6 is 46.2 Å². The number of hydrogen-bond donors (Lipinski definition) is 2. The Balaban J connectivity index is 1.19. The van der Waals surface area contributed by atoms with Crippen molar-refractivity contribution in [2.45, 2.75) is 84.7 Å². The molecule has 66 heavy (non-hydrogen) atoms. The number of aryl methyl sites for hydroxylation is 2. The third-order valence-corrected chi connectivity index (χ3v) is 15.5. The summed E-state index contributed by atoms with van der Waals surface area (Å²) >= 11 is 5.38. The van der Waals surface area contributed by atoms with Crippen LogP contribution in [0.4, 0.5) is 10.3 Å². The van der Waals surface area contributed by atoms with Crippen molar-refractivity contribution < 1.29 is 38.2 Å². The number of amides is 6. The van der Waals surface area contributed by atoms with Gasteiger partial charge in [0.25, 0.3) is 11.8 Å². The summed E-state index contributed by atoms with van der Waals surface area (Å²) in [5, 5.41) is 6.28. The maximum absolute atomic E-state index is 14.3. The van der Waals surface area contributed by atoms with Crippen LogP contribution in [0.3, 0.4) is 0 Å². The van der Waals surface area contributed by atoms with Crippen LogP contribution in [0.2, 0.25) is 0 Å². The first-order chi connectivity index (χ1) is 31.1. The van der Waals surface area contributed by atoms with Crippen LogP contribution in [0.15, 0.2) is 67.4 Å². The minimum absolute atomic E-state index is 0.189. The van der Waals surface area contributed by atoms with E-state index in [9.17, 15) is 28.8 Å². The number of carbonyl (C=O) groups is 6. The van der Waals surface area contributed by atoms with Gasteiger partial charge in [0.15, 0.2) is 10.3 Å². The summed E-state index contributed by atoms with van der Waals surface area (Å²) < 4.78 is 12.9. The average Bonchev–Trinajstić information content (AvgIpc) is 3.86. The van der Waals surface area contributed by atoms with E-state index in [-0.39, 0.29) is 55.1 Å². The van der Waals surface area contributed by atoms with Crippen molar-refractivity contribution in [3.8, 4) is 11.5 Å². The summed E-state index contributed by atoms with van der Waals surface area (Å²) in [5.74, 6) is -0.598. The number of carbonyl (C=O) groups excluding carboxylic acids is 6. The molecule has 6 amide bonds. The lowest BCUT2D eigenvalue weighted by Gasteiger charge is -2.47. The van der Waals surface area contributed by atoms with Gasteiger partial charge in [-0.05, 0) is 89.1 Å². The largest absolute Gasteiger partial charge is 0.496 e. The summed E-state index contributed by atoms with van der Waals surface area (Å²) in [6.07, 6.45) is 6.03. The SMILES string of the molecule is C=CC(=O)N1CCN(C(=O)c2cc(Sc3sc(NC(C)=O)nc3/C=C\C(=O)N3CCN(C(=O)c4cc(Sc5cnc(NC(C)=O)s5)c(C)cc4OC)C(C)(C)C3)c(C)cc2OC)CC1(C)C. The number of nitrogens with zero attached hydrogens (tertiary/aromatic N) is 6. The Morgan fingerprint density at radius 1 is 0.727 bits per heavy atom. The zero-order valence-electron chi connectivity index (χ0n) is 38.7. The van der Waals surface area contributed by atoms with Crippen LogP contribution in [-0.4, -0.2) is 130 Å². The second-order valence-electron chi connectivity index (χ2n) is 17.0. The number of benzene rings is 2. The molecule has 6 rings (SSSR count). The standard InChI is InChI=1S/C46H54N8O8S4/c1-12-37(57)53-17-16-52(25-45(53,6)7)40(59)30-21-36(27(3)20-33(30)61-10)64-42-32(50-44(66-42)49-29(5)56)13-14-38(58)51-15-18-54(46(8,9)24-51)41(60)31-22-35(26(2)19-34(31)62-11)63-39-23-47-43(65-39)48-28(4)55/h12-14,19-23H,1,15-18,24-25H2,2-11H3,(H,47,48,55)(H,49,50,56)/b14-13-. The molecule has 2 saturated heterocycles. The zero-order valence-corrected chi connectivity index (χ0v) is 41.9. The van der Waals surface area contributed by atoms with E-state index in [1.54, 1.807) is 44.0 Å². The van der Waals surface area contributed by atoms with Crippen molar-refractivity contribution >= 4 is 98.0 Å². The minimum Gasteiger partial charge on any atom is -0.496 e. The molecule has 2 aliphatic rings. The molecule has 2 N–H and O–H groups in total. The molecule has 0 radical (unpaired) electrons. The number of aromatic nitrogens is 2. The Hall–Kier alpha value is -5.70. The fourth-order valence-corrected chi connectivity index (χ4v) is 12.0. The molecule has 350 valence electrons. The van der Waals surface area contributed by atoms with Gasteiger partial charge >= 0.3 is 0 Å².